The van der Waals surface area contributed by atoms with E-state index in [4.69, 9.17) is 10.2 Å². The Morgan fingerprint density at radius 2 is 1.10 bits per heavy atom. The Balaban J connectivity index is 0. The minimum absolute atomic E-state index is 0.167. The van der Waals surface area contributed by atoms with E-state index >= 15 is 0 Å². The highest BCUT2D eigenvalue weighted by molar-refractivity contribution is 4.34. The summed E-state index contributed by atoms with van der Waals surface area (Å²) in [5, 5.41) is 15.3. The highest BCUT2D eigenvalue weighted by Crippen LogP contribution is 1.98. The molecule has 0 aromatic heterocycles. The highest BCUT2D eigenvalue weighted by Gasteiger charge is 2.12. The standard InChI is InChI=1S/C3H8O.C2H3F3O/c1-3(2)4;3-1(4)2(5)6/h3-4H,1-2H3;1-2,6H. The molecule has 0 fully saturated rings. The number of halogens is 3. The second-order valence-corrected chi connectivity index (χ2v) is 1.80. The van der Waals surface area contributed by atoms with Gasteiger partial charge in [0.05, 0.1) is 0 Å². The van der Waals surface area contributed by atoms with Crippen LogP contribution in [0.1, 0.15) is 13.8 Å². The molecule has 0 spiro atoms. The van der Waals surface area contributed by atoms with Crippen molar-refractivity contribution in [1.29, 1.82) is 0 Å². The molecule has 64 valence electrons. The maximum atomic E-state index is 10.6. The molecule has 2 nitrogen and oxygen atoms in total. The average Bonchev–Trinajstić information content (AvgIpc) is 1.63. The maximum absolute atomic E-state index is 10.6. The lowest BCUT2D eigenvalue weighted by Crippen LogP contribution is -2.08. The Morgan fingerprint density at radius 1 is 1.00 bits per heavy atom. The Kier molecular flexibility index (Phi) is 8.46. The van der Waals surface area contributed by atoms with Crippen molar-refractivity contribution in [2.45, 2.75) is 32.7 Å². The van der Waals surface area contributed by atoms with Gasteiger partial charge in [0.25, 0.3) is 12.8 Å². The van der Waals surface area contributed by atoms with Crippen molar-refractivity contribution < 1.29 is 23.4 Å². The number of rotatable bonds is 1. The van der Waals surface area contributed by atoms with Gasteiger partial charge in [-0.3, -0.25) is 0 Å². The van der Waals surface area contributed by atoms with Crippen molar-refractivity contribution >= 4 is 0 Å². The molecule has 5 heteroatoms. The Bertz CT molecular complexity index is 57.2. The lowest BCUT2D eigenvalue weighted by molar-refractivity contribution is -0.0843. The quantitative estimate of drug-likeness (QED) is 0.599. The van der Waals surface area contributed by atoms with Gasteiger partial charge in [-0.2, -0.15) is 0 Å². The van der Waals surface area contributed by atoms with Gasteiger partial charge in [0.2, 0.25) is 0 Å². The number of hydrogen-bond donors (Lipinski definition) is 2. The van der Waals surface area contributed by atoms with Crippen LogP contribution in [0.3, 0.4) is 0 Å². The summed E-state index contributed by atoms with van der Waals surface area (Å²) >= 11 is 0. The molecule has 0 rings (SSSR count). The van der Waals surface area contributed by atoms with Crippen LogP contribution in [-0.4, -0.2) is 29.1 Å². The van der Waals surface area contributed by atoms with Crippen LogP contribution in [0.25, 0.3) is 0 Å². The van der Waals surface area contributed by atoms with E-state index < -0.39 is 12.8 Å². The fourth-order valence-corrected chi connectivity index (χ4v) is 0. The van der Waals surface area contributed by atoms with Gasteiger partial charge in [-0.15, -0.1) is 0 Å². The smallest absolute Gasteiger partial charge is 0.293 e. The first-order valence-corrected chi connectivity index (χ1v) is 2.66. The molecular weight excluding hydrogens is 149 g/mol. The van der Waals surface area contributed by atoms with Crippen molar-refractivity contribution in [3.05, 3.63) is 0 Å². The first-order chi connectivity index (χ1) is 4.37. The Morgan fingerprint density at radius 3 is 1.10 bits per heavy atom. The minimum Gasteiger partial charge on any atom is -0.394 e. The summed E-state index contributed by atoms with van der Waals surface area (Å²) in [6, 6.07) is 0. The monoisotopic (exact) mass is 160 g/mol. The molecule has 0 radical (unpaired) electrons. The fourth-order valence-electron chi connectivity index (χ4n) is 0. The number of hydrogen-bond acceptors (Lipinski definition) is 2. The summed E-state index contributed by atoms with van der Waals surface area (Å²) in [5.41, 5.74) is 0. The molecule has 1 unspecified atom stereocenters. The summed E-state index contributed by atoms with van der Waals surface area (Å²) in [6.07, 6.45) is -6.41. The molecule has 0 aliphatic carbocycles. The van der Waals surface area contributed by atoms with Gasteiger partial charge in [-0.05, 0) is 13.8 Å². The third-order valence-corrected chi connectivity index (χ3v) is 0.208. The first kappa shape index (κ1) is 12.4. The molecule has 0 saturated carbocycles. The summed E-state index contributed by atoms with van der Waals surface area (Å²) in [5.74, 6) is 0. The normalized spacial score (nSPS) is 12.9. The van der Waals surface area contributed by atoms with E-state index in [1.165, 1.54) is 0 Å². The molecular formula is C5H11F3O2. The van der Waals surface area contributed by atoms with E-state index in [0.29, 0.717) is 0 Å². The minimum atomic E-state index is -3.26. The van der Waals surface area contributed by atoms with E-state index in [0.717, 1.165) is 0 Å². The van der Waals surface area contributed by atoms with Crippen molar-refractivity contribution in [2.24, 2.45) is 0 Å². The van der Waals surface area contributed by atoms with Crippen LogP contribution in [0, 0.1) is 0 Å². The van der Waals surface area contributed by atoms with Gasteiger partial charge in [-0.25, -0.2) is 13.2 Å². The average molecular weight is 160 g/mol. The van der Waals surface area contributed by atoms with Crippen molar-refractivity contribution in [3.63, 3.8) is 0 Å². The highest BCUT2D eigenvalue weighted by atomic mass is 19.3. The van der Waals surface area contributed by atoms with E-state index in [1.807, 2.05) is 0 Å². The molecule has 0 aromatic rings. The van der Waals surface area contributed by atoms with E-state index in [-0.39, 0.29) is 6.10 Å². The molecule has 0 bridgehead atoms. The number of alkyl halides is 3. The number of aliphatic hydroxyl groups excluding tert-OH is 2. The predicted octanol–water partition coefficient (Wildman–Crippen LogP) is 0.926. The fraction of sp³-hybridized carbons (Fsp3) is 1.00. The maximum Gasteiger partial charge on any atom is 0.293 e. The van der Waals surface area contributed by atoms with Gasteiger partial charge >= 0.3 is 0 Å². The molecule has 2 N–H and O–H groups in total. The van der Waals surface area contributed by atoms with Gasteiger partial charge < -0.3 is 10.2 Å². The zero-order valence-electron chi connectivity index (χ0n) is 5.76. The van der Waals surface area contributed by atoms with Crippen LogP contribution in [0.2, 0.25) is 0 Å². The molecule has 0 saturated heterocycles. The van der Waals surface area contributed by atoms with Crippen LogP contribution in [-0.2, 0) is 0 Å². The van der Waals surface area contributed by atoms with Crippen LogP contribution in [0.4, 0.5) is 13.2 Å². The van der Waals surface area contributed by atoms with Crippen LogP contribution in [0.15, 0.2) is 0 Å². The van der Waals surface area contributed by atoms with Gasteiger partial charge in [0, 0.05) is 6.10 Å². The van der Waals surface area contributed by atoms with Gasteiger partial charge in [0.1, 0.15) is 0 Å². The van der Waals surface area contributed by atoms with Crippen LogP contribution in [0.5, 0.6) is 0 Å². The Labute approximate surface area is 57.3 Å². The zero-order chi connectivity index (χ0) is 8.73. The SMILES string of the molecule is CC(C)O.OC(F)C(F)F. The van der Waals surface area contributed by atoms with Crippen LogP contribution < -0.4 is 0 Å². The van der Waals surface area contributed by atoms with Crippen molar-refractivity contribution in [3.8, 4) is 0 Å². The van der Waals surface area contributed by atoms with E-state index in [1.54, 1.807) is 13.8 Å². The largest absolute Gasteiger partial charge is 0.394 e. The summed E-state index contributed by atoms with van der Waals surface area (Å²) in [6.45, 7) is 3.44. The number of aliphatic hydroxyl groups is 2. The predicted molar refractivity (Wildman–Crippen MR) is 30.5 cm³/mol. The summed E-state index contributed by atoms with van der Waals surface area (Å²) in [7, 11) is 0. The Hall–Kier alpha value is -0.290. The molecule has 0 aliphatic rings. The summed E-state index contributed by atoms with van der Waals surface area (Å²) in [4.78, 5) is 0. The topological polar surface area (TPSA) is 40.5 Å². The van der Waals surface area contributed by atoms with Gasteiger partial charge in [-0.1, -0.05) is 0 Å². The lowest BCUT2D eigenvalue weighted by atomic mass is 10.5. The molecule has 0 aliphatic heterocycles. The molecule has 0 amide bonds. The zero-order valence-corrected chi connectivity index (χ0v) is 5.76. The first-order valence-electron chi connectivity index (χ1n) is 2.66. The third-order valence-electron chi connectivity index (χ3n) is 0.208. The van der Waals surface area contributed by atoms with E-state index in [2.05, 4.69) is 0 Å². The summed E-state index contributed by atoms with van der Waals surface area (Å²) < 4.78 is 31.7. The molecule has 10 heavy (non-hydrogen) atoms. The second-order valence-electron chi connectivity index (χ2n) is 1.80. The van der Waals surface area contributed by atoms with Crippen molar-refractivity contribution in [1.82, 2.24) is 0 Å². The molecule has 0 aromatic carbocycles. The molecule has 0 heterocycles. The second kappa shape index (κ2) is 6.82. The van der Waals surface area contributed by atoms with Crippen LogP contribution >= 0.6 is 0 Å². The van der Waals surface area contributed by atoms with Gasteiger partial charge in [0.15, 0.2) is 0 Å². The lowest BCUT2D eigenvalue weighted by Gasteiger charge is -1.92. The van der Waals surface area contributed by atoms with E-state index in [9.17, 15) is 13.2 Å². The van der Waals surface area contributed by atoms with Crippen molar-refractivity contribution in [2.75, 3.05) is 0 Å². The third kappa shape index (κ3) is 25.2. The molecule has 1 atom stereocenters.